The van der Waals surface area contributed by atoms with E-state index < -0.39 is 10.0 Å². The highest BCUT2D eigenvalue weighted by molar-refractivity contribution is 7.89. The summed E-state index contributed by atoms with van der Waals surface area (Å²) in [5.41, 5.74) is 2.19. The van der Waals surface area contributed by atoms with Gasteiger partial charge in [0, 0.05) is 24.2 Å². The Bertz CT molecular complexity index is 1290. The number of nitrogens with one attached hydrogen (secondary N) is 1. The number of rotatable bonds is 7. The molecule has 2 aromatic carbocycles. The van der Waals surface area contributed by atoms with Gasteiger partial charge in [-0.05, 0) is 47.8 Å². The van der Waals surface area contributed by atoms with Crippen molar-refractivity contribution in [3.8, 4) is 10.6 Å². The first-order valence-corrected chi connectivity index (χ1v) is 12.9. The number of aromatic nitrogens is 1. The average molecular weight is 472 g/mol. The van der Waals surface area contributed by atoms with Gasteiger partial charge in [0.05, 0.1) is 15.1 Å². The molecule has 1 N–H and O–H groups in total. The molecular formula is C22H21N3O3S3. The van der Waals surface area contributed by atoms with E-state index in [1.807, 2.05) is 35.7 Å². The molecule has 9 heteroatoms. The second-order valence-electron chi connectivity index (χ2n) is 6.72. The Hall–Kier alpha value is -2.59. The molecule has 0 aliphatic carbocycles. The van der Waals surface area contributed by atoms with E-state index >= 15 is 0 Å². The Labute approximate surface area is 189 Å². The Morgan fingerprint density at radius 2 is 1.74 bits per heavy atom. The van der Waals surface area contributed by atoms with Gasteiger partial charge in [0.15, 0.2) is 0 Å². The number of amides is 1. The second-order valence-corrected chi connectivity index (χ2v) is 10.6. The Morgan fingerprint density at radius 1 is 1.03 bits per heavy atom. The third-order valence-electron chi connectivity index (χ3n) is 4.88. The van der Waals surface area contributed by atoms with Gasteiger partial charge in [0.1, 0.15) is 10.0 Å². The fourth-order valence-electron chi connectivity index (χ4n) is 3.23. The molecule has 0 unspecified atom stereocenters. The molecule has 0 bridgehead atoms. The zero-order valence-electron chi connectivity index (χ0n) is 17.0. The summed E-state index contributed by atoms with van der Waals surface area (Å²) in [5.74, 6) is -0.295. The number of thiophene rings is 1. The molecule has 1 amide bonds. The predicted molar refractivity (Wildman–Crippen MR) is 127 cm³/mol. The molecule has 4 rings (SSSR count). The highest BCUT2D eigenvalue weighted by Gasteiger charge is 2.22. The van der Waals surface area contributed by atoms with Crippen LogP contribution in [0.2, 0.25) is 0 Å². The maximum atomic E-state index is 12.8. The van der Waals surface area contributed by atoms with E-state index in [0.717, 1.165) is 20.8 Å². The van der Waals surface area contributed by atoms with Crippen molar-refractivity contribution in [2.75, 3.05) is 18.4 Å². The number of hydrogen-bond donors (Lipinski definition) is 1. The average Bonchev–Trinajstić information content (AvgIpc) is 3.40. The van der Waals surface area contributed by atoms with Gasteiger partial charge in [-0.1, -0.05) is 26.0 Å². The van der Waals surface area contributed by atoms with Crippen molar-refractivity contribution in [1.82, 2.24) is 9.29 Å². The molecule has 31 heavy (non-hydrogen) atoms. The first kappa shape index (κ1) is 21.6. The summed E-state index contributed by atoms with van der Waals surface area (Å²) in [6.07, 6.45) is 0. The molecule has 0 fully saturated rings. The highest BCUT2D eigenvalue weighted by atomic mass is 32.2. The van der Waals surface area contributed by atoms with E-state index in [1.165, 1.54) is 39.9 Å². The van der Waals surface area contributed by atoms with Crippen molar-refractivity contribution in [2.45, 2.75) is 18.7 Å². The summed E-state index contributed by atoms with van der Waals surface area (Å²) in [4.78, 5) is 17.6. The van der Waals surface area contributed by atoms with E-state index in [4.69, 9.17) is 0 Å². The number of benzene rings is 2. The highest BCUT2D eigenvalue weighted by Crippen LogP contribution is 2.37. The Balaban J connectivity index is 1.55. The zero-order chi connectivity index (χ0) is 22.0. The number of sulfonamides is 1. The van der Waals surface area contributed by atoms with Gasteiger partial charge >= 0.3 is 0 Å². The molecular weight excluding hydrogens is 450 g/mol. The number of fused-ring (bicyclic) bond motifs is 1. The minimum atomic E-state index is -3.55. The van der Waals surface area contributed by atoms with Crippen LogP contribution in [-0.2, 0) is 10.0 Å². The Morgan fingerprint density at radius 3 is 2.42 bits per heavy atom. The van der Waals surface area contributed by atoms with Crippen LogP contribution < -0.4 is 5.32 Å². The number of nitrogens with zero attached hydrogens (tertiary/aromatic N) is 2. The van der Waals surface area contributed by atoms with Gasteiger partial charge in [-0.2, -0.15) is 4.31 Å². The van der Waals surface area contributed by atoms with Crippen LogP contribution in [0.15, 0.2) is 64.9 Å². The van der Waals surface area contributed by atoms with Crippen LogP contribution in [0.4, 0.5) is 5.00 Å². The zero-order valence-corrected chi connectivity index (χ0v) is 19.5. The summed E-state index contributed by atoms with van der Waals surface area (Å²) in [6.45, 7) is 4.39. The lowest BCUT2D eigenvalue weighted by Crippen LogP contribution is -2.30. The molecule has 160 valence electrons. The van der Waals surface area contributed by atoms with Crippen molar-refractivity contribution >= 4 is 53.8 Å². The Kier molecular flexibility index (Phi) is 6.19. The first-order chi connectivity index (χ1) is 14.9. The van der Waals surface area contributed by atoms with Crippen LogP contribution >= 0.6 is 22.7 Å². The summed E-state index contributed by atoms with van der Waals surface area (Å²) in [7, 11) is -3.55. The topological polar surface area (TPSA) is 79.4 Å². The molecule has 2 aromatic heterocycles. The van der Waals surface area contributed by atoms with E-state index in [9.17, 15) is 13.2 Å². The molecule has 0 aliphatic heterocycles. The predicted octanol–water partition coefficient (Wildman–Crippen LogP) is 5.31. The van der Waals surface area contributed by atoms with E-state index in [1.54, 1.807) is 25.2 Å². The summed E-state index contributed by atoms with van der Waals surface area (Å²) in [6, 6.07) is 15.9. The van der Waals surface area contributed by atoms with E-state index in [0.29, 0.717) is 23.7 Å². The van der Waals surface area contributed by atoms with Gasteiger partial charge in [0.25, 0.3) is 5.91 Å². The van der Waals surface area contributed by atoms with Crippen LogP contribution in [-0.4, -0.2) is 36.7 Å². The molecule has 0 saturated heterocycles. The number of carbonyl (C=O) groups is 1. The summed E-state index contributed by atoms with van der Waals surface area (Å²) < 4.78 is 27.7. The fourth-order valence-corrected chi connectivity index (χ4v) is 6.53. The quantitative estimate of drug-likeness (QED) is 0.396. The molecule has 4 aromatic rings. The maximum Gasteiger partial charge on any atom is 0.256 e. The first-order valence-electron chi connectivity index (χ1n) is 9.79. The lowest BCUT2D eigenvalue weighted by atomic mass is 10.2. The number of carbonyl (C=O) groups excluding carboxylic acids is 1. The minimum Gasteiger partial charge on any atom is -0.313 e. The van der Waals surface area contributed by atoms with Crippen molar-refractivity contribution in [3.63, 3.8) is 0 Å². The van der Waals surface area contributed by atoms with Crippen LogP contribution in [0.1, 0.15) is 24.2 Å². The van der Waals surface area contributed by atoms with Crippen LogP contribution in [0.5, 0.6) is 0 Å². The number of hydrogen-bond acceptors (Lipinski definition) is 6. The van der Waals surface area contributed by atoms with Crippen molar-refractivity contribution < 1.29 is 13.2 Å². The SMILES string of the molecule is CCN(CC)S(=O)(=O)c1ccc(C(=O)Nc2sccc2-c2nc3ccccc3s2)cc1. The number of thiazole rings is 1. The lowest BCUT2D eigenvalue weighted by molar-refractivity contribution is 0.102. The van der Waals surface area contributed by atoms with Gasteiger partial charge in [0.2, 0.25) is 10.0 Å². The van der Waals surface area contributed by atoms with E-state index in [-0.39, 0.29) is 10.8 Å². The van der Waals surface area contributed by atoms with Gasteiger partial charge in [-0.25, -0.2) is 13.4 Å². The maximum absolute atomic E-state index is 12.8. The second kappa shape index (κ2) is 8.88. The smallest absolute Gasteiger partial charge is 0.256 e. The number of anilines is 1. The monoisotopic (exact) mass is 471 g/mol. The molecule has 6 nitrogen and oxygen atoms in total. The van der Waals surface area contributed by atoms with Gasteiger partial charge in [-0.3, -0.25) is 4.79 Å². The fraction of sp³-hybridized carbons (Fsp3) is 0.182. The largest absolute Gasteiger partial charge is 0.313 e. The van der Waals surface area contributed by atoms with Gasteiger partial charge < -0.3 is 5.32 Å². The third kappa shape index (κ3) is 4.27. The van der Waals surface area contributed by atoms with Crippen LogP contribution in [0, 0.1) is 0 Å². The van der Waals surface area contributed by atoms with E-state index in [2.05, 4.69) is 10.3 Å². The molecule has 0 spiro atoms. The van der Waals surface area contributed by atoms with Crippen LogP contribution in [0.3, 0.4) is 0 Å². The molecule has 2 heterocycles. The molecule has 0 aliphatic rings. The summed E-state index contributed by atoms with van der Waals surface area (Å²) >= 11 is 3.00. The minimum absolute atomic E-state index is 0.180. The molecule has 0 saturated carbocycles. The molecule has 0 atom stereocenters. The summed E-state index contributed by atoms with van der Waals surface area (Å²) in [5, 5.41) is 6.41. The van der Waals surface area contributed by atoms with Crippen molar-refractivity contribution in [2.24, 2.45) is 0 Å². The van der Waals surface area contributed by atoms with Gasteiger partial charge in [-0.15, -0.1) is 22.7 Å². The van der Waals surface area contributed by atoms with Crippen molar-refractivity contribution in [3.05, 3.63) is 65.5 Å². The normalized spacial score (nSPS) is 11.8. The third-order valence-corrected chi connectivity index (χ3v) is 8.84. The van der Waals surface area contributed by atoms with Crippen molar-refractivity contribution in [1.29, 1.82) is 0 Å². The number of para-hydroxylation sites is 1. The standard InChI is InChI=1S/C22H21N3O3S3/c1-3-25(4-2)31(27,28)16-11-9-15(10-12-16)20(26)24-21-17(13-14-29-21)22-23-18-7-5-6-8-19(18)30-22/h5-14H,3-4H2,1-2H3,(H,24,26). The van der Waals surface area contributed by atoms with Crippen LogP contribution in [0.25, 0.3) is 20.8 Å². The molecule has 0 radical (unpaired) electrons. The lowest BCUT2D eigenvalue weighted by Gasteiger charge is -2.18.